The van der Waals surface area contributed by atoms with E-state index in [1.807, 2.05) is 0 Å². The van der Waals surface area contributed by atoms with Crippen molar-refractivity contribution >= 4 is 0 Å². The molecule has 2 atom stereocenters. The van der Waals surface area contributed by atoms with Crippen LogP contribution in [0.4, 0.5) is 0 Å². The van der Waals surface area contributed by atoms with E-state index in [9.17, 15) is 0 Å². The first-order chi connectivity index (χ1) is 8.19. The standard InChI is InChI=1S/C13H22N4/c1-3-16-5-4-11-12(8-16)17-7-10(14)6-9(2)13(17)15-11/h9-10H,3-8,14H2,1-2H3. The predicted octanol–water partition coefficient (Wildman–Crippen LogP) is 1.10. The number of nitrogens with zero attached hydrogens (tertiary/aromatic N) is 3. The lowest BCUT2D eigenvalue weighted by Crippen LogP contribution is -2.36. The first-order valence-corrected chi connectivity index (χ1v) is 6.75. The summed E-state index contributed by atoms with van der Waals surface area (Å²) >= 11 is 0. The average Bonchev–Trinajstić information content (AvgIpc) is 2.67. The summed E-state index contributed by atoms with van der Waals surface area (Å²) < 4.78 is 2.40. The normalized spacial score (nSPS) is 28.9. The van der Waals surface area contributed by atoms with Crippen LogP contribution in [0.1, 0.15) is 43.4 Å². The third-order valence-electron chi connectivity index (χ3n) is 4.18. The van der Waals surface area contributed by atoms with Crippen molar-refractivity contribution in [2.75, 3.05) is 13.1 Å². The molecule has 3 heterocycles. The van der Waals surface area contributed by atoms with Crippen molar-refractivity contribution in [1.82, 2.24) is 14.5 Å². The number of hydrogen-bond acceptors (Lipinski definition) is 3. The number of nitrogens with two attached hydrogens (primary N) is 1. The Hall–Kier alpha value is -0.870. The van der Waals surface area contributed by atoms with E-state index >= 15 is 0 Å². The number of aromatic nitrogens is 2. The second-order valence-electron chi connectivity index (χ2n) is 5.49. The zero-order chi connectivity index (χ0) is 12.0. The SMILES string of the molecule is CCN1CCc2nc3n(c2C1)CC(N)CC3C. The maximum Gasteiger partial charge on any atom is 0.112 e. The lowest BCUT2D eigenvalue weighted by Gasteiger charge is -2.30. The molecule has 2 N–H and O–H groups in total. The van der Waals surface area contributed by atoms with E-state index in [0.717, 1.165) is 39.0 Å². The van der Waals surface area contributed by atoms with Crippen LogP contribution in [0.2, 0.25) is 0 Å². The highest BCUT2D eigenvalue weighted by Crippen LogP contribution is 2.30. The largest absolute Gasteiger partial charge is 0.329 e. The van der Waals surface area contributed by atoms with E-state index in [1.54, 1.807) is 0 Å². The zero-order valence-electron chi connectivity index (χ0n) is 10.8. The van der Waals surface area contributed by atoms with E-state index in [-0.39, 0.29) is 0 Å². The number of hydrogen-bond donors (Lipinski definition) is 1. The fourth-order valence-electron chi connectivity index (χ4n) is 3.21. The summed E-state index contributed by atoms with van der Waals surface area (Å²) in [7, 11) is 0. The van der Waals surface area contributed by atoms with Crippen LogP contribution in [0, 0.1) is 0 Å². The maximum atomic E-state index is 6.14. The molecular weight excluding hydrogens is 212 g/mol. The lowest BCUT2D eigenvalue weighted by atomic mass is 9.97. The third-order valence-corrected chi connectivity index (χ3v) is 4.18. The molecule has 0 bridgehead atoms. The maximum absolute atomic E-state index is 6.14. The topological polar surface area (TPSA) is 47.1 Å². The van der Waals surface area contributed by atoms with Gasteiger partial charge in [-0.15, -0.1) is 0 Å². The first-order valence-electron chi connectivity index (χ1n) is 6.75. The van der Waals surface area contributed by atoms with Crippen LogP contribution < -0.4 is 5.73 Å². The fraction of sp³-hybridized carbons (Fsp3) is 0.769. The van der Waals surface area contributed by atoms with Gasteiger partial charge in [-0.25, -0.2) is 4.98 Å². The third kappa shape index (κ3) is 1.79. The number of likely N-dealkylation sites (N-methyl/N-ethyl adjacent to an activating group) is 1. The zero-order valence-corrected chi connectivity index (χ0v) is 10.8. The van der Waals surface area contributed by atoms with E-state index in [4.69, 9.17) is 10.7 Å². The Balaban J connectivity index is 1.99. The van der Waals surface area contributed by atoms with Gasteiger partial charge in [-0.1, -0.05) is 13.8 Å². The van der Waals surface area contributed by atoms with Crippen molar-refractivity contribution in [2.24, 2.45) is 5.73 Å². The molecule has 2 unspecified atom stereocenters. The summed E-state index contributed by atoms with van der Waals surface area (Å²) in [4.78, 5) is 7.34. The summed E-state index contributed by atoms with van der Waals surface area (Å²) in [6.45, 7) is 8.77. The van der Waals surface area contributed by atoms with Crippen LogP contribution in [-0.4, -0.2) is 33.6 Å². The van der Waals surface area contributed by atoms with E-state index in [0.29, 0.717) is 12.0 Å². The van der Waals surface area contributed by atoms with Gasteiger partial charge in [0.05, 0.1) is 11.4 Å². The molecule has 3 rings (SSSR count). The van der Waals surface area contributed by atoms with Crippen LogP contribution in [0.5, 0.6) is 0 Å². The summed E-state index contributed by atoms with van der Waals surface area (Å²) in [5.74, 6) is 1.79. The monoisotopic (exact) mass is 234 g/mol. The predicted molar refractivity (Wildman–Crippen MR) is 67.9 cm³/mol. The van der Waals surface area contributed by atoms with E-state index in [2.05, 4.69) is 23.3 Å². The molecule has 0 spiro atoms. The van der Waals surface area contributed by atoms with Crippen LogP contribution >= 0.6 is 0 Å². The molecule has 2 aliphatic rings. The van der Waals surface area contributed by atoms with Crippen LogP contribution in [0.15, 0.2) is 0 Å². The number of imidazole rings is 1. The van der Waals surface area contributed by atoms with Crippen molar-refractivity contribution < 1.29 is 0 Å². The van der Waals surface area contributed by atoms with Gasteiger partial charge < -0.3 is 10.3 Å². The van der Waals surface area contributed by atoms with Crippen molar-refractivity contribution in [3.05, 3.63) is 17.2 Å². The molecule has 17 heavy (non-hydrogen) atoms. The summed E-state index contributed by atoms with van der Waals surface area (Å²) in [5.41, 5.74) is 8.89. The van der Waals surface area contributed by atoms with Gasteiger partial charge in [0, 0.05) is 38.0 Å². The molecule has 4 nitrogen and oxygen atoms in total. The molecular formula is C13H22N4. The number of rotatable bonds is 1. The summed E-state index contributed by atoms with van der Waals surface area (Å²) in [6.07, 6.45) is 2.18. The molecule has 0 saturated heterocycles. The Bertz CT molecular complexity index is 423. The smallest absolute Gasteiger partial charge is 0.112 e. The van der Waals surface area contributed by atoms with Gasteiger partial charge in [0.25, 0.3) is 0 Å². The molecule has 0 aromatic carbocycles. The van der Waals surface area contributed by atoms with Gasteiger partial charge in [0.2, 0.25) is 0 Å². The summed E-state index contributed by atoms with van der Waals surface area (Å²) in [6, 6.07) is 0.299. The molecule has 4 heteroatoms. The Morgan fingerprint density at radius 1 is 1.47 bits per heavy atom. The number of fused-ring (bicyclic) bond motifs is 3. The second kappa shape index (κ2) is 4.10. The van der Waals surface area contributed by atoms with Crippen molar-refractivity contribution in [2.45, 2.75) is 51.7 Å². The minimum absolute atomic E-state index is 0.299. The van der Waals surface area contributed by atoms with E-state index in [1.165, 1.54) is 17.2 Å². The molecule has 0 radical (unpaired) electrons. The van der Waals surface area contributed by atoms with Crippen molar-refractivity contribution in [3.8, 4) is 0 Å². The fourth-order valence-corrected chi connectivity index (χ4v) is 3.21. The molecule has 1 aromatic heterocycles. The minimum atomic E-state index is 0.299. The van der Waals surface area contributed by atoms with Gasteiger partial charge in [0.15, 0.2) is 0 Å². The van der Waals surface area contributed by atoms with Crippen LogP contribution in [0.3, 0.4) is 0 Å². The molecule has 2 aliphatic heterocycles. The van der Waals surface area contributed by atoms with E-state index < -0.39 is 0 Å². The molecule has 0 saturated carbocycles. The molecule has 0 aliphatic carbocycles. The molecule has 0 fully saturated rings. The molecule has 94 valence electrons. The van der Waals surface area contributed by atoms with Gasteiger partial charge >= 0.3 is 0 Å². The van der Waals surface area contributed by atoms with Gasteiger partial charge in [-0.2, -0.15) is 0 Å². The first kappa shape index (κ1) is 11.2. The highest BCUT2D eigenvalue weighted by Gasteiger charge is 2.30. The Morgan fingerprint density at radius 3 is 3.06 bits per heavy atom. The quantitative estimate of drug-likeness (QED) is 0.791. The van der Waals surface area contributed by atoms with Gasteiger partial charge in [-0.3, -0.25) is 4.90 Å². The second-order valence-corrected chi connectivity index (χ2v) is 5.49. The lowest BCUT2D eigenvalue weighted by molar-refractivity contribution is 0.255. The van der Waals surface area contributed by atoms with Crippen LogP contribution in [0.25, 0.3) is 0 Å². The Morgan fingerprint density at radius 2 is 2.29 bits per heavy atom. The minimum Gasteiger partial charge on any atom is -0.329 e. The molecule has 0 amide bonds. The van der Waals surface area contributed by atoms with Gasteiger partial charge in [0.1, 0.15) is 5.82 Å². The van der Waals surface area contributed by atoms with Crippen molar-refractivity contribution in [3.63, 3.8) is 0 Å². The molecule has 1 aromatic rings. The average molecular weight is 234 g/mol. The van der Waals surface area contributed by atoms with Crippen LogP contribution in [-0.2, 0) is 19.5 Å². The van der Waals surface area contributed by atoms with Crippen molar-refractivity contribution in [1.29, 1.82) is 0 Å². The van der Waals surface area contributed by atoms with Gasteiger partial charge in [-0.05, 0) is 13.0 Å². The Labute approximate surface area is 103 Å². The highest BCUT2D eigenvalue weighted by atomic mass is 15.2. The summed E-state index contributed by atoms with van der Waals surface area (Å²) in [5, 5.41) is 0. The Kier molecular flexibility index (Phi) is 2.71. The highest BCUT2D eigenvalue weighted by molar-refractivity contribution is 5.23.